The van der Waals surface area contributed by atoms with Crippen molar-refractivity contribution in [2.45, 2.75) is 32.2 Å². The van der Waals surface area contributed by atoms with Crippen molar-refractivity contribution >= 4 is 51.0 Å². The van der Waals surface area contributed by atoms with Gasteiger partial charge in [-0.3, -0.25) is 9.59 Å². The van der Waals surface area contributed by atoms with Crippen LogP contribution in [-0.2, 0) is 20.7 Å². The number of amides is 1. The number of pyridine rings is 1. The van der Waals surface area contributed by atoms with Gasteiger partial charge in [0.15, 0.2) is 5.13 Å². The summed E-state index contributed by atoms with van der Waals surface area (Å²) >= 11 is 2.45. The van der Waals surface area contributed by atoms with E-state index in [-0.39, 0.29) is 24.1 Å². The minimum absolute atomic E-state index is 0.0697. The molecule has 1 N–H and O–H groups in total. The fraction of sp³-hybridized carbons (Fsp3) is 0.286. The smallest absolute Gasteiger partial charge is 0.311 e. The summed E-state index contributed by atoms with van der Waals surface area (Å²) in [6.07, 6.45) is 0.0697. The van der Waals surface area contributed by atoms with Crippen LogP contribution in [-0.4, -0.2) is 34.2 Å². The normalized spacial score (nSPS) is 10.6. The molecule has 0 aliphatic rings. The highest BCUT2D eigenvalue weighted by Gasteiger charge is 2.14. The second kappa shape index (κ2) is 9.69. The maximum atomic E-state index is 12.3. The number of nitriles is 1. The molecule has 0 aliphatic heterocycles. The molecule has 0 spiro atoms. The Morgan fingerprint density at radius 3 is 2.83 bits per heavy atom. The minimum atomic E-state index is -0.354. The Morgan fingerprint density at radius 1 is 1.30 bits per heavy atom. The monoisotopic (exact) mass is 440 g/mol. The molecule has 0 atom stereocenters. The first-order valence-electron chi connectivity index (χ1n) is 9.25. The van der Waals surface area contributed by atoms with Crippen molar-refractivity contribution in [1.82, 2.24) is 9.97 Å². The lowest BCUT2D eigenvalue weighted by Crippen LogP contribution is -2.14. The number of carbonyl (C=O) groups excluding carboxylic acids is 2. The van der Waals surface area contributed by atoms with Crippen molar-refractivity contribution in [2.75, 3.05) is 17.7 Å². The van der Waals surface area contributed by atoms with Gasteiger partial charge in [-0.15, -0.1) is 11.3 Å². The van der Waals surface area contributed by atoms with Crippen molar-refractivity contribution in [3.8, 4) is 6.07 Å². The molecule has 2 aromatic heterocycles. The van der Waals surface area contributed by atoms with Crippen LogP contribution in [0.15, 0.2) is 28.6 Å². The number of hydrogen-bond donors (Lipinski definition) is 1. The zero-order valence-electron chi connectivity index (χ0n) is 16.8. The highest BCUT2D eigenvalue weighted by molar-refractivity contribution is 8.00. The number of aromatic nitrogens is 2. The Labute approximate surface area is 182 Å². The summed E-state index contributed by atoms with van der Waals surface area (Å²) in [6.45, 7) is 6.07. The van der Waals surface area contributed by atoms with E-state index in [1.165, 1.54) is 23.1 Å². The summed E-state index contributed by atoms with van der Waals surface area (Å²) in [6, 6.07) is 7.91. The average Bonchev–Trinajstić information content (AvgIpc) is 3.15. The molecule has 0 bridgehead atoms. The maximum absolute atomic E-state index is 12.3. The molecular weight excluding hydrogens is 420 g/mol. The number of anilines is 1. The molecule has 0 saturated heterocycles. The van der Waals surface area contributed by atoms with E-state index < -0.39 is 0 Å². The SMILES string of the molecule is CCOC(=O)Cc1csc(NC(=O)CSc2nc3c(C)c(C)ccc3cc2C#N)n1. The maximum Gasteiger partial charge on any atom is 0.311 e. The van der Waals surface area contributed by atoms with Gasteiger partial charge in [-0.25, -0.2) is 9.97 Å². The van der Waals surface area contributed by atoms with Gasteiger partial charge in [0.1, 0.15) is 11.1 Å². The van der Waals surface area contributed by atoms with Crippen molar-refractivity contribution in [3.63, 3.8) is 0 Å². The Kier molecular flexibility index (Phi) is 7.03. The largest absolute Gasteiger partial charge is 0.466 e. The molecule has 0 unspecified atom stereocenters. The van der Waals surface area contributed by atoms with Crippen molar-refractivity contribution in [2.24, 2.45) is 0 Å². The summed E-state index contributed by atoms with van der Waals surface area (Å²) < 4.78 is 4.89. The predicted octanol–water partition coefficient (Wildman–Crippen LogP) is 4.02. The highest BCUT2D eigenvalue weighted by atomic mass is 32.2. The fourth-order valence-corrected chi connectivity index (χ4v) is 4.23. The predicted molar refractivity (Wildman–Crippen MR) is 118 cm³/mol. The molecular formula is C21H20N4O3S2. The first kappa shape index (κ1) is 21.7. The second-order valence-corrected chi connectivity index (χ2v) is 8.32. The Hall–Kier alpha value is -2.96. The number of ether oxygens (including phenoxy) is 1. The second-order valence-electron chi connectivity index (χ2n) is 6.49. The summed E-state index contributed by atoms with van der Waals surface area (Å²) in [5, 5.41) is 15.7. The third kappa shape index (κ3) is 5.14. The summed E-state index contributed by atoms with van der Waals surface area (Å²) in [7, 11) is 0. The number of nitrogens with zero attached hydrogens (tertiary/aromatic N) is 3. The Balaban J connectivity index is 1.67. The Bertz CT molecular complexity index is 1150. The number of aryl methyl sites for hydroxylation is 2. The van der Waals surface area contributed by atoms with Crippen molar-refractivity contribution in [1.29, 1.82) is 5.26 Å². The molecule has 3 aromatic rings. The minimum Gasteiger partial charge on any atom is -0.466 e. The molecule has 0 aliphatic carbocycles. The van der Waals surface area contributed by atoms with Crippen LogP contribution in [0.2, 0.25) is 0 Å². The van der Waals surface area contributed by atoms with E-state index in [9.17, 15) is 14.9 Å². The number of rotatable bonds is 7. The quantitative estimate of drug-likeness (QED) is 0.437. The van der Waals surface area contributed by atoms with Gasteiger partial charge in [-0.2, -0.15) is 5.26 Å². The van der Waals surface area contributed by atoms with E-state index in [1.54, 1.807) is 18.4 Å². The van der Waals surface area contributed by atoms with Crippen molar-refractivity contribution in [3.05, 3.63) is 46.0 Å². The fourth-order valence-electron chi connectivity index (χ4n) is 2.75. The van der Waals surface area contributed by atoms with Crippen LogP contribution < -0.4 is 5.32 Å². The van der Waals surface area contributed by atoms with E-state index in [2.05, 4.69) is 21.4 Å². The molecule has 9 heteroatoms. The van der Waals surface area contributed by atoms with Crippen molar-refractivity contribution < 1.29 is 14.3 Å². The molecule has 2 heterocycles. The number of nitrogens with one attached hydrogen (secondary N) is 1. The zero-order chi connectivity index (χ0) is 21.7. The molecule has 1 aromatic carbocycles. The molecule has 7 nitrogen and oxygen atoms in total. The van der Waals surface area contributed by atoms with Crippen LogP contribution >= 0.6 is 23.1 Å². The molecule has 3 rings (SSSR count). The molecule has 30 heavy (non-hydrogen) atoms. The summed E-state index contributed by atoms with van der Waals surface area (Å²) in [5.74, 6) is -0.526. The number of carbonyl (C=O) groups is 2. The molecule has 154 valence electrons. The van der Waals surface area contributed by atoms with Gasteiger partial charge in [0.05, 0.1) is 35.6 Å². The first-order chi connectivity index (χ1) is 14.4. The third-order valence-electron chi connectivity index (χ3n) is 4.37. The van der Waals surface area contributed by atoms with E-state index >= 15 is 0 Å². The van der Waals surface area contributed by atoms with Gasteiger partial charge >= 0.3 is 5.97 Å². The standard InChI is InChI=1S/C21H20N4O3S2/c1-4-28-18(27)8-16-10-30-21(23-16)24-17(26)11-29-20-15(9-22)7-14-6-5-12(2)13(3)19(14)25-20/h5-7,10H,4,8,11H2,1-3H3,(H,23,24,26). The molecule has 1 amide bonds. The Morgan fingerprint density at radius 2 is 2.10 bits per heavy atom. The summed E-state index contributed by atoms with van der Waals surface area (Å²) in [4.78, 5) is 32.7. The number of fused-ring (bicyclic) bond motifs is 1. The number of hydrogen-bond acceptors (Lipinski definition) is 8. The van der Waals surface area contributed by atoms with Crippen LogP contribution in [0.3, 0.4) is 0 Å². The van der Waals surface area contributed by atoms with Gasteiger partial charge in [-0.1, -0.05) is 23.9 Å². The lowest BCUT2D eigenvalue weighted by Gasteiger charge is -2.09. The van der Waals surface area contributed by atoms with E-state index in [0.29, 0.717) is 28.0 Å². The van der Waals surface area contributed by atoms with E-state index in [1.807, 2.05) is 26.0 Å². The van der Waals surface area contributed by atoms with Crippen LogP contribution in [0.4, 0.5) is 5.13 Å². The lowest BCUT2D eigenvalue weighted by atomic mass is 10.0. The van der Waals surface area contributed by atoms with Gasteiger partial charge < -0.3 is 10.1 Å². The van der Waals surface area contributed by atoms with E-state index in [0.717, 1.165) is 22.0 Å². The lowest BCUT2D eigenvalue weighted by molar-refractivity contribution is -0.142. The first-order valence-corrected chi connectivity index (χ1v) is 11.1. The number of thiazole rings is 1. The average molecular weight is 441 g/mol. The zero-order valence-corrected chi connectivity index (χ0v) is 18.4. The van der Waals surface area contributed by atoms with Gasteiger partial charge in [-0.05, 0) is 38.0 Å². The van der Waals surface area contributed by atoms with Crippen LogP contribution in [0, 0.1) is 25.2 Å². The van der Waals surface area contributed by atoms with E-state index in [4.69, 9.17) is 4.74 Å². The van der Waals surface area contributed by atoms with Gasteiger partial charge in [0.25, 0.3) is 0 Å². The van der Waals surface area contributed by atoms with Crippen LogP contribution in [0.25, 0.3) is 10.9 Å². The molecule has 0 fully saturated rings. The molecule has 0 saturated carbocycles. The number of thioether (sulfide) groups is 1. The molecule has 0 radical (unpaired) electrons. The topological polar surface area (TPSA) is 105 Å². The van der Waals surface area contributed by atoms with Crippen LogP contribution in [0.1, 0.15) is 29.3 Å². The van der Waals surface area contributed by atoms with Gasteiger partial charge in [0, 0.05) is 10.8 Å². The summed E-state index contributed by atoms with van der Waals surface area (Å²) in [5.41, 5.74) is 4.00. The third-order valence-corrected chi connectivity index (χ3v) is 6.16. The van der Waals surface area contributed by atoms with Crippen LogP contribution in [0.5, 0.6) is 0 Å². The van der Waals surface area contributed by atoms with Gasteiger partial charge in [0.2, 0.25) is 5.91 Å². The number of esters is 1. The number of benzene rings is 1. The highest BCUT2D eigenvalue weighted by Crippen LogP contribution is 2.27.